The predicted octanol–water partition coefficient (Wildman–Crippen LogP) is 2.87. The smallest absolute Gasteiger partial charge is 0.182 e. The molecule has 1 aromatic heterocycles. The van der Waals surface area contributed by atoms with Gasteiger partial charge in [0.25, 0.3) is 0 Å². The van der Waals surface area contributed by atoms with Gasteiger partial charge in [-0.05, 0) is 30.7 Å². The fraction of sp³-hybridized carbons (Fsp3) is 0.0833. The Morgan fingerprint density at radius 3 is 2.50 bits per heavy atom. The van der Waals surface area contributed by atoms with E-state index in [1.165, 1.54) is 12.1 Å². The molecule has 16 heavy (non-hydrogen) atoms. The van der Waals surface area contributed by atoms with Crippen LogP contribution in [-0.2, 0) is 0 Å². The monoisotopic (exact) mass is 218 g/mol. The average molecular weight is 218 g/mol. The maximum Gasteiger partial charge on any atom is 0.182 e. The highest BCUT2D eigenvalue weighted by Gasteiger charge is 2.04. The van der Waals surface area contributed by atoms with E-state index in [-0.39, 0.29) is 5.82 Å². The van der Waals surface area contributed by atoms with Crippen molar-refractivity contribution in [2.24, 2.45) is 0 Å². The molecule has 3 nitrogen and oxygen atoms in total. The Morgan fingerprint density at radius 2 is 1.94 bits per heavy atom. The number of nitrogens with two attached hydrogens (primary N) is 1. The van der Waals surface area contributed by atoms with Gasteiger partial charge in [-0.1, -0.05) is 23.4 Å². The van der Waals surface area contributed by atoms with E-state index in [4.69, 9.17) is 10.3 Å². The zero-order valence-corrected chi connectivity index (χ0v) is 8.77. The molecule has 0 saturated carbocycles. The molecule has 0 radical (unpaired) electrons. The summed E-state index contributed by atoms with van der Waals surface area (Å²) < 4.78 is 17.6. The van der Waals surface area contributed by atoms with Gasteiger partial charge < -0.3 is 10.3 Å². The molecule has 0 saturated heterocycles. The third-order valence-corrected chi connectivity index (χ3v) is 2.23. The van der Waals surface area contributed by atoms with Crippen LogP contribution >= 0.6 is 0 Å². The Kier molecular flexibility index (Phi) is 2.72. The van der Waals surface area contributed by atoms with Gasteiger partial charge in [0.1, 0.15) is 17.2 Å². The number of nitrogens with zero attached hydrogens (tertiary/aromatic N) is 1. The molecular formula is C12H11FN2O. The van der Waals surface area contributed by atoms with Gasteiger partial charge >= 0.3 is 0 Å². The molecule has 82 valence electrons. The summed E-state index contributed by atoms with van der Waals surface area (Å²) in [7, 11) is 0. The van der Waals surface area contributed by atoms with E-state index in [2.05, 4.69) is 5.16 Å². The lowest BCUT2D eigenvalue weighted by Gasteiger charge is -1.92. The second-order valence-corrected chi connectivity index (χ2v) is 3.43. The van der Waals surface area contributed by atoms with Gasteiger partial charge in [-0.3, -0.25) is 0 Å². The van der Waals surface area contributed by atoms with Crippen molar-refractivity contribution in [1.29, 1.82) is 0 Å². The van der Waals surface area contributed by atoms with Crippen LogP contribution in [0.2, 0.25) is 0 Å². The van der Waals surface area contributed by atoms with Gasteiger partial charge in [-0.2, -0.15) is 0 Å². The van der Waals surface area contributed by atoms with Crippen LogP contribution in [0.1, 0.15) is 17.0 Å². The molecule has 0 amide bonds. The molecule has 0 aliphatic heterocycles. The summed E-state index contributed by atoms with van der Waals surface area (Å²) in [6.45, 7) is 1.77. The second kappa shape index (κ2) is 4.18. The minimum Gasteiger partial charge on any atom is -0.394 e. The summed E-state index contributed by atoms with van der Waals surface area (Å²) in [5.74, 6) is 0.258. The number of anilines is 1. The molecule has 2 aromatic rings. The largest absolute Gasteiger partial charge is 0.394 e. The van der Waals surface area contributed by atoms with E-state index in [0.29, 0.717) is 17.1 Å². The van der Waals surface area contributed by atoms with Gasteiger partial charge in [0, 0.05) is 0 Å². The van der Waals surface area contributed by atoms with E-state index >= 15 is 0 Å². The summed E-state index contributed by atoms with van der Waals surface area (Å²) in [5, 5.41) is 3.73. The van der Waals surface area contributed by atoms with Crippen molar-refractivity contribution in [1.82, 2.24) is 5.16 Å². The van der Waals surface area contributed by atoms with Gasteiger partial charge in [-0.25, -0.2) is 4.39 Å². The Hall–Kier alpha value is -2.10. The van der Waals surface area contributed by atoms with Gasteiger partial charge in [0.05, 0.1) is 0 Å². The molecule has 0 unspecified atom stereocenters. The van der Waals surface area contributed by atoms with Crippen molar-refractivity contribution in [3.63, 3.8) is 0 Å². The van der Waals surface area contributed by atoms with Crippen LogP contribution in [0.5, 0.6) is 0 Å². The van der Waals surface area contributed by atoms with Gasteiger partial charge in [-0.15, -0.1) is 0 Å². The van der Waals surface area contributed by atoms with Crippen LogP contribution in [0.15, 0.2) is 28.8 Å². The zero-order valence-electron chi connectivity index (χ0n) is 8.77. The summed E-state index contributed by atoms with van der Waals surface area (Å²) in [5.41, 5.74) is 7.79. The zero-order chi connectivity index (χ0) is 11.5. The summed E-state index contributed by atoms with van der Waals surface area (Å²) in [6, 6.07) is 6.14. The lowest BCUT2D eigenvalue weighted by atomic mass is 10.2. The summed E-state index contributed by atoms with van der Waals surface area (Å²) in [6.07, 6.45) is 3.50. The number of rotatable bonds is 2. The molecule has 0 fully saturated rings. The Balaban J connectivity index is 2.21. The molecule has 0 aliphatic rings. The van der Waals surface area contributed by atoms with Crippen molar-refractivity contribution >= 4 is 17.8 Å². The first kappa shape index (κ1) is 10.4. The van der Waals surface area contributed by atoms with Crippen LogP contribution in [0.25, 0.3) is 12.2 Å². The predicted molar refractivity (Wildman–Crippen MR) is 61.0 cm³/mol. The van der Waals surface area contributed by atoms with Crippen LogP contribution in [0, 0.1) is 12.7 Å². The molecule has 4 heteroatoms. The first-order chi connectivity index (χ1) is 7.66. The summed E-state index contributed by atoms with van der Waals surface area (Å²) in [4.78, 5) is 0. The maximum absolute atomic E-state index is 12.6. The fourth-order valence-electron chi connectivity index (χ4n) is 1.26. The molecule has 2 N–H and O–H groups in total. The van der Waals surface area contributed by atoms with Crippen molar-refractivity contribution in [3.05, 3.63) is 47.1 Å². The van der Waals surface area contributed by atoms with Gasteiger partial charge in [0.2, 0.25) is 0 Å². The fourth-order valence-corrected chi connectivity index (χ4v) is 1.26. The Bertz CT molecular complexity index is 514. The molecule has 0 aliphatic carbocycles. The summed E-state index contributed by atoms with van der Waals surface area (Å²) >= 11 is 0. The van der Waals surface area contributed by atoms with E-state index in [9.17, 15) is 4.39 Å². The van der Waals surface area contributed by atoms with Crippen LogP contribution in [0.4, 0.5) is 10.1 Å². The normalized spacial score (nSPS) is 11.1. The van der Waals surface area contributed by atoms with Gasteiger partial charge in [0.15, 0.2) is 5.76 Å². The number of nitrogen functional groups attached to an aromatic ring is 1. The minimum absolute atomic E-state index is 0.257. The van der Waals surface area contributed by atoms with E-state index < -0.39 is 0 Å². The van der Waals surface area contributed by atoms with E-state index in [1.54, 1.807) is 31.2 Å². The third-order valence-electron chi connectivity index (χ3n) is 2.23. The highest BCUT2D eigenvalue weighted by molar-refractivity contribution is 5.73. The molecule has 0 atom stereocenters. The van der Waals surface area contributed by atoms with Crippen molar-refractivity contribution in [2.75, 3.05) is 5.73 Å². The van der Waals surface area contributed by atoms with Crippen LogP contribution < -0.4 is 5.73 Å². The lowest BCUT2D eigenvalue weighted by molar-refractivity contribution is 0.408. The second-order valence-electron chi connectivity index (χ2n) is 3.43. The van der Waals surface area contributed by atoms with Crippen LogP contribution in [-0.4, -0.2) is 5.16 Å². The topological polar surface area (TPSA) is 52.0 Å². The molecule has 1 aromatic carbocycles. The SMILES string of the molecule is Cc1noc(/C=C/c2ccc(F)cc2)c1N. The Labute approximate surface area is 92.4 Å². The quantitative estimate of drug-likeness (QED) is 0.843. The number of benzene rings is 1. The molecule has 0 bridgehead atoms. The molecule has 2 rings (SSSR count). The average Bonchev–Trinajstić information content (AvgIpc) is 2.60. The first-order valence-corrected chi connectivity index (χ1v) is 4.82. The lowest BCUT2D eigenvalue weighted by Crippen LogP contribution is -1.86. The number of aryl methyl sites for hydroxylation is 1. The number of halogens is 1. The van der Waals surface area contributed by atoms with E-state index in [1.807, 2.05) is 0 Å². The Morgan fingerprint density at radius 1 is 1.25 bits per heavy atom. The van der Waals surface area contributed by atoms with Crippen molar-refractivity contribution in [3.8, 4) is 0 Å². The van der Waals surface area contributed by atoms with Crippen molar-refractivity contribution < 1.29 is 8.91 Å². The number of aromatic nitrogens is 1. The highest BCUT2D eigenvalue weighted by Crippen LogP contribution is 2.18. The molecule has 0 spiro atoms. The minimum atomic E-state index is -0.257. The highest BCUT2D eigenvalue weighted by atomic mass is 19.1. The number of hydrogen-bond donors (Lipinski definition) is 1. The third kappa shape index (κ3) is 2.11. The number of hydrogen-bond acceptors (Lipinski definition) is 3. The maximum atomic E-state index is 12.6. The standard InChI is InChI=1S/C12H11FN2O/c1-8-12(14)11(16-15-8)7-4-9-2-5-10(13)6-3-9/h2-7H,14H2,1H3/b7-4+. The molecule has 1 heterocycles. The van der Waals surface area contributed by atoms with Crippen molar-refractivity contribution in [2.45, 2.75) is 6.92 Å². The van der Waals surface area contributed by atoms with E-state index in [0.717, 1.165) is 5.56 Å². The molecular weight excluding hydrogens is 207 g/mol. The first-order valence-electron chi connectivity index (χ1n) is 4.82. The van der Waals surface area contributed by atoms with Crippen LogP contribution in [0.3, 0.4) is 0 Å².